The lowest BCUT2D eigenvalue weighted by atomic mass is 10.2. The number of nitrogens with one attached hydrogen (secondary N) is 2. The van der Waals surface area contributed by atoms with E-state index < -0.39 is 0 Å². The highest BCUT2D eigenvalue weighted by molar-refractivity contribution is 6.04. The highest BCUT2D eigenvalue weighted by Crippen LogP contribution is 1.93. The van der Waals surface area contributed by atoms with Crippen molar-refractivity contribution in [2.24, 2.45) is 0 Å². The molecule has 0 aliphatic rings. The first-order valence-corrected chi connectivity index (χ1v) is 4.86. The molecule has 1 amide bonds. The molecule has 78 valence electrons. The van der Waals surface area contributed by atoms with Gasteiger partial charge in [-0.3, -0.25) is 9.59 Å². The summed E-state index contributed by atoms with van der Waals surface area (Å²) in [7, 11) is 5.07. The maximum atomic E-state index is 11.1. The van der Waals surface area contributed by atoms with Crippen LogP contribution in [0.2, 0.25) is 0 Å². The Bertz CT molecular complexity index is 186. The normalized spacial score (nSPS) is 9.79. The van der Waals surface area contributed by atoms with Crippen LogP contribution in [-0.4, -0.2) is 32.8 Å². The number of carbonyl (C=O) groups is 2. The second-order valence-corrected chi connectivity index (χ2v) is 3.21. The standard InChI is InChI=1S/C9H17BN2O2/c1-8(13)5-7-11-9(14)4-2-3-6-12-10/h12H,2-7H2,1H3,(H,11,14). The van der Waals surface area contributed by atoms with Crippen molar-refractivity contribution in [1.82, 2.24) is 10.5 Å². The highest BCUT2D eigenvalue weighted by atomic mass is 16.1. The molecule has 2 radical (unpaired) electrons. The van der Waals surface area contributed by atoms with Gasteiger partial charge in [0.2, 0.25) is 5.91 Å². The van der Waals surface area contributed by atoms with Crippen LogP contribution < -0.4 is 10.5 Å². The Hall–Kier alpha value is -0.835. The molecule has 0 atom stereocenters. The summed E-state index contributed by atoms with van der Waals surface area (Å²) in [5, 5.41) is 5.20. The van der Waals surface area contributed by atoms with Crippen molar-refractivity contribution in [3.05, 3.63) is 0 Å². The number of carbonyl (C=O) groups excluding carboxylic acids is 2. The largest absolute Gasteiger partial charge is 0.366 e. The van der Waals surface area contributed by atoms with Gasteiger partial charge < -0.3 is 10.5 Å². The van der Waals surface area contributed by atoms with Gasteiger partial charge in [0.1, 0.15) is 5.78 Å². The smallest absolute Gasteiger partial charge is 0.220 e. The van der Waals surface area contributed by atoms with Crippen molar-refractivity contribution >= 4 is 19.7 Å². The van der Waals surface area contributed by atoms with Gasteiger partial charge in [-0.15, -0.1) is 0 Å². The van der Waals surface area contributed by atoms with Gasteiger partial charge in [-0.2, -0.15) is 0 Å². The van der Waals surface area contributed by atoms with E-state index in [-0.39, 0.29) is 11.7 Å². The minimum atomic E-state index is 0.00303. The zero-order chi connectivity index (χ0) is 10.8. The third-order valence-electron chi connectivity index (χ3n) is 1.77. The molecule has 0 fully saturated rings. The fourth-order valence-corrected chi connectivity index (χ4v) is 0.979. The summed E-state index contributed by atoms with van der Waals surface area (Å²) < 4.78 is 0. The fraction of sp³-hybridized carbons (Fsp3) is 0.778. The van der Waals surface area contributed by atoms with E-state index in [1.165, 1.54) is 6.92 Å². The molecule has 0 saturated carbocycles. The molecule has 0 spiro atoms. The van der Waals surface area contributed by atoms with Crippen LogP contribution in [0.3, 0.4) is 0 Å². The number of Topliss-reactive ketones (excluding diaryl/α,β-unsaturated/α-hetero) is 1. The van der Waals surface area contributed by atoms with E-state index in [2.05, 4.69) is 10.5 Å². The third-order valence-corrected chi connectivity index (χ3v) is 1.77. The van der Waals surface area contributed by atoms with Gasteiger partial charge in [0.05, 0.1) is 0 Å². The van der Waals surface area contributed by atoms with Gasteiger partial charge in [0.25, 0.3) is 0 Å². The van der Waals surface area contributed by atoms with Gasteiger partial charge in [-0.25, -0.2) is 0 Å². The molecule has 0 saturated heterocycles. The Morgan fingerprint density at radius 2 is 1.86 bits per heavy atom. The molecule has 0 unspecified atom stereocenters. The zero-order valence-corrected chi connectivity index (χ0v) is 8.64. The Balaban J connectivity index is 3.24. The monoisotopic (exact) mass is 196 g/mol. The van der Waals surface area contributed by atoms with Crippen molar-refractivity contribution in [2.75, 3.05) is 13.1 Å². The SMILES string of the molecule is [B]NCCCCC(=O)NCCC(C)=O. The summed E-state index contributed by atoms with van der Waals surface area (Å²) >= 11 is 0. The van der Waals surface area contributed by atoms with Crippen molar-refractivity contribution in [2.45, 2.75) is 32.6 Å². The molecule has 0 aromatic rings. The average Bonchev–Trinajstić information content (AvgIpc) is 2.12. The summed E-state index contributed by atoms with van der Waals surface area (Å²) in [6.45, 7) is 2.68. The van der Waals surface area contributed by atoms with E-state index in [9.17, 15) is 9.59 Å². The molecular weight excluding hydrogens is 179 g/mol. The molecule has 0 heterocycles. The number of amides is 1. The first-order valence-electron chi connectivity index (χ1n) is 4.86. The Labute approximate surface area is 86.3 Å². The summed E-state index contributed by atoms with van der Waals surface area (Å²) in [6, 6.07) is 0. The minimum absolute atomic E-state index is 0.00303. The van der Waals surface area contributed by atoms with Crippen LogP contribution in [0.15, 0.2) is 0 Å². The van der Waals surface area contributed by atoms with E-state index >= 15 is 0 Å². The maximum absolute atomic E-state index is 11.1. The molecule has 0 aromatic heterocycles. The third kappa shape index (κ3) is 9.25. The van der Waals surface area contributed by atoms with Crippen LogP contribution in [0.25, 0.3) is 0 Å². The molecular formula is C9H17BN2O2. The highest BCUT2D eigenvalue weighted by Gasteiger charge is 2.00. The molecule has 0 aliphatic carbocycles. The number of hydrogen-bond donors (Lipinski definition) is 2. The van der Waals surface area contributed by atoms with Gasteiger partial charge >= 0.3 is 0 Å². The number of hydrogen-bond acceptors (Lipinski definition) is 3. The second-order valence-electron chi connectivity index (χ2n) is 3.21. The van der Waals surface area contributed by atoms with Gasteiger partial charge in [-0.05, 0) is 26.3 Å². The fourth-order valence-electron chi connectivity index (χ4n) is 0.979. The van der Waals surface area contributed by atoms with Crippen LogP contribution in [-0.2, 0) is 9.59 Å². The lowest BCUT2D eigenvalue weighted by Crippen LogP contribution is -2.25. The Morgan fingerprint density at radius 1 is 1.14 bits per heavy atom. The summed E-state index contributed by atoms with van der Waals surface area (Å²) in [6.07, 6.45) is 2.61. The summed E-state index contributed by atoms with van der Waals surface area (Å²) in [5.41, 5.74) is 0. The molecule has 4 nitrogen and oxygen atoms in total. The topological polar surface area (TPSA) is 58.2 Å². The molecule has 0 rings (SSSR count). The van der Waals surface area contributed by atoms with E-state index in [1.807, 2.05) is 0 Å². The van der Waals surface area contributed by atoms with Crippen molar-refractivity contribution in [3.8, 4) is 0 Å². The van der Waals surface area contributed by atoms with Crippen molar-refractivity contribution < 1.29 is 9.59 Å². The molecule has 2 N–H and O–H groups in total. The van der Waals surface area contributed by atoms with Gasteiger partial charge in [0, 0.05) is 19.4 Å². The molecule has 0 aliphatic heterocycles. The van der Waals surface area contributed by atoms with E-state index in [4.69, 9.17) is 7.98 Å². The summed E-state index contributed by atoms with van der Waals surface area (Å²) in [5.74, 6) is 0.0981. The second kappa shape index (κ2) is 8.75. The van der Waals surface area contributed by atoms with Crippen LogP contribution in [0.4, 0.5) is 0 Å². The maximum Gasteiger partial charge on any atom is 0.220 e. The van der Waals surface area contributed by atoms with Crippen LogP contribution >= 0.6 is 0 Å². The number of unbranched alkanes of at least 4 members (excludes halogenated alkanes) is 1. The zero-order valence-electron chi connectivity index (χ0n) is 8.64. The predicted molar refractivity (Wildman–Crippen MR) is 55.9 cm³/mol. The Kier molecular flexibility index (Phi) is 8.23. The molecule has 5 heteroatoms. The van der Waals surface area contributed by atoms with Crippen LogP contribution in [0.5, 0.6) is 0 Å². The van der Waals surface area contributed by atoms with E-state index in [0.29, 0.717) is 19.4 Å². The van der Waals surface area contributed by atoms with Crippen LogP contribution in [0.1, 0.15) is 32.6 Å². The minimum Gasteiger partial charge on any atom is -0.366 e. The summed E-state index contributed by atoms with van der Waals surface area (Å²) in [4.78, 5) is 21.7. The van der Waals surface area contributed by atoms with E-state index in [0.717, 1.165) is 19.4 Å². The van der Waals surface area contributed by atoms with Crippen molar-refractivity contribution in [3.63, 3.8) is 0 Å². The predicted octanol–water partition coefficient (Wildman–Crippen LogP) is -0.0749. The average molecular weight is 196 g/mol. The van der Waals surface area contributed by atoms with Gasteiger partial charge in [-0.1, -0.05) is 0 Å². The first kappa shape index (κ1) is 13.2. The molecule has 0 aromatic carbocycles. The van der Waals surface area contributed by atoms with Crippen molar-refractivity contribution in [1.29, 1.82) is 0 Å². The number of rotatable bonds is 8. The Morgan fingerprint density at radius 3 is 2.43 bits per heavy atom. The lowest BCUT2D eigenvalue weighted by molar-refractivity contribution is -0.121. The van der Waals surface area contributed by atoms with Gasteiger partial charge in [0.15, 0.2) is 7.98 Å². The molecule has 14 heavy (non-hydrogen) atoms. The lowest BCUT2D eigenvalue weighted by Gasteiger charge is -2.03. The van der Waals surface area contributed by atoms with E-state index in [1.54, 1.807) is 0 Å². The molecule has 0 bridgehead atoms. The quantitative estimate of drug-likeness (QED) is 0.421. The van der Waals surface area contributed by atoms with Crippen LogP contribution in [0, 0.1) is 0 Å². The first-order chi connectivity index (χ1) is 6.66. The number of ketones is 1.